The Kier molecular flexibility index (Phi) is 4.74. The predicted octanol–water partition coefficient (Wildman–Crippen LogP) is 5.58. The van der Waals surface area contributed by atoms with E-state index >= 15 is 0 Å². The molecule has 0 spiro atoms. The van der Waals surface area contributed by atoms with Crippen molar-refractivity contribution in [2.45, 2.75) is 13.0 Å². The highest BCUT2D eigenvalue weighted by molar-refractivity contribution is 6.22. The van der Waals surface area contributed by atoms with Crippen molar-refractivity contribution in [3.63, 3.8) is 0 Å². The van der Waals surface area contributed by atoms with E-state index in [2.05, 4.69) is 73.1 Å². The van der Waals surface area contributed by atoms with Crippen molar-refractivity contribution in [3.05, 3.63) is 95.1 Å². The molecule has 1 aliphatic rings. The molecule has 0 saturated heterocycles. The molecule has 0 heterocycles. The maximum atomic E-state index is 12.9. The first-order valence-electron chi connectivity index (χ1n) is 9.32. The van der Waals surface area contributed by atoms with Gasteiger partial charge in [-0.15, -0.1) is 0 Å². The predicted molar refractivity (Wildman–Crippen MR) is 114 cm³/mol. The molecule has 0 bridgehead atoms. The Morgan fingerprint density at radius 3 is 2.48 bits per heavy atom. The second-order valence-corrected chi connectivity index (χ2v) is 7.18. The molecule has 0 unspecified atom stereocenters. The summed E-state index contributed by atoms with van der Waals surface area (Å²) in [5.74, 6) is 0.169. The standard InChI is InChI=1S/C25H23NO/c1-3-18-10-12-19(13-11-18)17-26(2)15-14-22-16-21-8-4-6-20-7-5-9-23(24(20)21)25(22)27/h3-13,16H,1,14-15,17H2,2H3. The van der Waals surface area contributed by atoms with Crippen molar-refractivity contribution in [3.8, 4) is 0 Å². The number of benzene rings is 3. The van der Waals surface area contributed by atoms with Crippen molar-refractivity contribution in [1.82, 2.24) is 4.90 Å². The smallest absolute Gasteiger partial charge is 0.189 e. The lowest BCUT2D eigenvalue weighted by molar-refractivity contribution is 0.103. The zero-order valence-corrected chi connectivity index (χ0v) is 15.6. The van der Waals surface area contributed by atoms with Crippen LogP contribution in [0.15, 0.2) is 72.8 Å². The van der Waals surface area contributed by atoms with E-state index in [1.807, 2.05) is 18.2 Å². The minimum absolute atomic E-state index is 0.169. The van der Waals surface area contributed by atoms with E-state index in [-0.39, 0.29) is 5.78 Å². The van der Waals surface area contributed by atoms with Gasteiger partial charge in [0.25, 0.3) is 0 Å². The molecule has 0 amide bonds. The summed E-state index contributed by atoms with van der Waals surface area (Å²) < 4.78 is 0. The van der Waals surface area contributed by atoms with Gasteiger partial charge in [0.1, 0.15) is 0 Å². The van der Waals surface area contributed by atoms with Gasteiger partial charge in [0.05, 0.1) is 0 Å². The number of ketones is 1. The highest BCUT2D eigenvalue weighted by Crippen LogP contribution is 2.32. The van der Waals surface area contributed by atoms with E-state index in [4.69, 9.17) is 0 Å². The van der Waals surface area contributed by atoms with Crippen LogP contribution in [0.3, 0.4) is 0 Å². The first-order chi connectivity index (χ1) is 13.2. The Hall–Kier alpha value is -2.97. The Balaban J connectivity index is 1.48. The van der Waals surface area contributed by atoms with Crippen LogP contribution in [0.2, 0.25) is 0 Å². The largest absolute Gasteiger partial charge is 0.302 e. The molecule has 4 rings (SSSR count). The van der Waals surface area contributed by atoms with Crippen LogP contribution in [0.1, 0.15) is 33.5 Å². The van der Waals surface area contributed by atoms with Crippen molar-refractivity contribution in [1.29, 1.82) is 0 Å². The Bertz CT molecular complexity index is 1040. The number of carbonyl (C=O) groups excluding carboxylic acids is 1. The Morgan fingerprint density at radius 1 is 1.00 bits per heavy atom. The summed E-state index contributed by atoms with van der Waals surface area (Å²) in [7, 11) is 2.10. The molecule has 0 radical (unpaired) electrons. The highest BCUT2D eigenvalue weighted by Gasteiger charge is 2.21. The van der Waals surface area contributed by atoms with Crippen molar-refractivity contribution < 1.29 is 4.79 Å². The van der Waals surface area contributed by atoms with Gasteiger partial charge in [-0.2, -0.15) is 0 Å². The summed E-state index contributed by atoms with van der Waals surface area (Å²) in [6.45, 7) is 5.50. The molecule has 2 heteroatoms. The summed E-state index contributed by atoms with van der Waals surface area (Å²) in [5.41, 5.74) is 5.29. The molecule has 3 aromatic carbocycles. The molecule has 27 heavy (non-hydrogen) atoms. The minimum Gasteiger partial charge on any atom is -0.302 e. The SMILES string of the molecule is C=Cc1ccc(CN(C)CCC2=Cc3cccc4cccc(c34)C2=O)cc1. The molecule has 0 fully saturated rings. The van der Waals surface area contributed by atoms with Gasteiger partial charge in [-0.1, -0.05) is 73.3 Å². The van der Waals surface area contributed by atoms with Crippen LogP contribution >= 0.6 is 0 Å². The van der Waals surface area contributed by atoms with Gasteiger partial charge in [-0.25, -0.2) is 0 Å². The highest BCUT2D eigenvalue weighted by atomic mass is 16.1. The summed E-state index contributed by atoms with van der Waals surface area (Å²) in [4.78, 5) is 15.2. The fourth-order valence-corrected chi connectivity index (χ4v) is 3.75. The fraction of sp³-hybridized carbons (Fsp3) is 0.160. The van der Waals surface area contributed by atoms with E-state index in [1.165, 1.54) is 5.56 Å². The zero-order chi connectivity index (χ0) is 18.8. The summed E-state index contributed by atoms with van der Waals surface area (Å²) >= 11 is 0. The van der Waals surface area contributed by atoms with E-state index in [1.54, 1.807) is 0 Å². The maximum absolute atomic E-state index is 12.9. The quantitative estimate of drug-likeness (QED) is 0.576. The van der Waals surface area contributed by atoms with Gasteiger partial charge < -0.3 is 4.90 Å². The molecule has 0 N–H and O–H groups in total. The monoisotopic (exact) mass is 353 g/mol. The number of Topliss-reactive ketones (excluding diaryl/α,β-unsaturated/α-hetero) is 1. The molecular weight excluding hydrogens is 330 g/mol. The van der Waals surface area contributed by atoms with Crippen LogP contribution < -0.4 is 0 Å². The van der Waals surface area contributed by atoms with E-state index < -0.39 is 0 Å². The fourth-order valence-electron chi connectivity index (χ4n) is 3.75. The lowest BCUT2D eigenvalue weighted by Crippen LogP contribution is -2.21. The average molecular weight is 353 g/mol. The molecule has 0 aromatic heterocycles. The second kappa shape index (κ2) is 7.34. The third kappa shape index (κ3) is 3.49. The molecule has 2 nitrogen and oxygen atoms in total. The number of nitrogens with zero attached hydrogens (tertiary/aromatic N) is 1. The summed E-state index contributed by atoms with van der Waals surface area (Å²) in [5, 5.41) is 2.22. The third-order valence-electron chi connectivity index (χ3n) is 5.23. The molecule has 1 aliphatic carbocycles. The van der Waals surface area contributed by atoms with Crippen molar-refractivity contribution in [2.75, 3.05) is 13.6 Å². The summed E-state index contributed by atoms with van der Waals surface area (Å²) in [6, 6.07) is 20.7. The molecule has 3 aromatic rings. The molecule has 0 aliphatic heterocycles. The lowest BCUT2D eigenvalue weighted by Gasteiger charge is -2.20. The number of hydrogen-bond acceptors (Lipinski definition) is 2. The topological polar surface area (TPSA) is 20.3 Å². The van der Waals surface area contributed by atoms with Crippen molar-refractivity contribution in [2.24, 2.45) is 0 Å². The number of carbonyl (C=O) groups is 1. The number of rotatable bonds is 6. The Labute approximate surface area is 160 Å². The van der Waals surface area contributed by atoms with Crippen LogP contribution in [-0.2, 0) is 6.54 Å². The average Bonchev–Trinajstić information content (AvgIpc) is 2.70. The van der Waals surface area contributed by atoms with Crippen LogP contribution in [0.4, 0.5) is 0 Å². The molecule has 134 valence electrons. The molecule has 0 saturated carbocycles. The molecular formula is C25H23NO. The lowest BCUT2D eigenvalue weighted by atomic mass is 9.87. The van der Waals surface area contributed by atoms with Gasteiger partial charge in [0.15, 0.2) is 5.78 Å². The van der Waals surface area contributed by atoms with Crippen LogP contribution in [0.5, 0.6) is 0 Å². The van der Waals surface area contributed by atoms with Gasteiger partial charge in [-0.05, 0) is 41.6 Å². The zero-order valence-electron chi connectivity index (χ0n) is 15.6. The first-order valence-corrected chi connectivity index (χ1v) is 9.32. The normalized spacial score (nSPS) is 13.1. The van der Waals surface area contributed by atoms with Crippen LogP contribution in [-0.4, -0.2) is 24.3 Å². The van der Waals surface area contributed by atoms with E-state index in [9.17, 15) is 4.79 Å². The van der Waals surface area contributed by atoms with Crippen molar-refractivity contribution >= 4 is 28.7 Å². The van der Waals surface area contributed by atoms with Gasteiger partial charge in [0, 0.05) is 29.6 Å². The van der Waals surface area contributed by atoms with Gasteiger partial charge in [-0.3, -0.25) is 4.79 Å². The number of hydrogen-bond donors (Lipinski definition) is 0. The van der Waals surface area contributed by atoms with E-state index in [0.29, 0.717) is 0 Å². The van der Waals surface area contributed by atoms with Crippen LogP contribution in [0.25, 0.3) is 22.9 Å². The van der Waals surface area contributed by atoms with Gasteiger partial charge in [0.2, 0.25) is 0 Å². The summed E-state index contributed by atoms with van der Waals surface area (Å²) in [6.07, 6.45) is 4.68. The maximum Gasteiger partial charge on any atom is 0.189 e. The molecule has 0 atom stereocenters. The van der Waals surface area contributed by atoms with Crippen LogP contribution in [0, 0.1) is 0 Å². The third-order valence-corrected chi connectivity index (χ3v) is 5.23. The second-order valence-electron chi connectivity index (χ2n) is 7.18. The van der Waals surface area contributed by atoms with E-state index in [0.717, 1.165) is 52.5 Å². The van der Waals surface area contributed by atoms with Gasteiger partial charge >= 0.3 is 0 Å². The first kappa shape index (κ1) is 17.4. The minimum atomic E-state index is 0.169. The Morgan fingerprint density at radius 2 is 1.74 bits per heavy atom.